The second-order valence-corrected chi connectivity index (χ2v) is 4.64. The molecule has 1 aliphatic carbocycles. The normalized spacial score (nSPS) is 35.9. The van der Waals surface area contributed by atoms with Gasteiger partial charge in [-0.1, -0.05) is 25.7 Å². The van der Waals surface area contributed by atoms with Crippen LogP contribution in [0.25, 0.3) is 0 Å². The van der Waals surface area contributed by atoms with Crippen LogP contribution in [-0.4, -0.2) is 23.7 Å². The van der Waals surface area contributed by atoms with E-state index in [2.05, 4.69) is 5.32 Å². The van der Waals surface area contributed by atoms with Crippen LogP contribution in [0, 0.1) is 11.8 Å². The number of fused-ring (bicyclic) bond motifs is 1. The van der Waals surface area contributed by atoms with Gasteiger partial charge < -0.3 is 10.4 Å². The monoisotopic (exact) mass is 384 g/mol. The molecule has 1 heterocycles. The van der Waals surface area contributed by atoms with Gasteiger partial charge >= 0.3 is 5.97 Å². The third-order valence-corrected chi connectivity index (χ3v) is 3.76. The van der Waals surface area contributed by atoms with Crippen LogP contribution >= 0.6 is 0 Å². The van der Waals surface area contributed by atoms with E-state index >= 15 is 0 Å². The largest absolute Gasteiger partial charge is 0.480 e. The maximum Gasteiger partial charge on any atom is 0.320 e. The molecule has 3 unspecified atom stereocenters. The van der Waals surface area contributed by atoms with Gasteiger partial charge in [0.2, 0.25) is 0 Å². The molecule has 0 aromatic heterocycles. The summed E-state index contributed by atoms with van der Waals surface area (Å²) in [5.74, 6) is 0.363. The summed E-state index contributed by atoms with van der Waals surface area (Å²) >= 11 is 0. The zero-order valence-electron chi connectivity index (χ0n) is 8.92. The molecule has 87 valence electrons. The Morgan fingerprint density at radius 2 is 1.80 bits per heavy atom. The topological polar surface area (TPSA) is 49.3 Å². The molecule has 0 amide bonds. The number of carboxylic acid groups (broad SMARTS) is 1. The van der Waals surface area contributed by atoms with E-state index in [-0.39, 0.29) is 26.5 Å². The summed E-state index contributed by atoms with van der Waals surface area (Å²) in [7, 11) is 0. The van der Waals surface area contributed by atoms with Gasteiger partial charge in [0.15, 0.2) is 0 Å². The average molecular weight is 383 g/mol. The fraction of sp³-hybridized carbons (Fsp3) is 0.909. The summed E-state index contributed by atoms with van der Waals surface area (Å²) in [4.78, 5) is 11.0. The molecule has 0 aromatic carbocycles. The zero-order valence-corrected chi connectivity index (χ0v) is 11.6. The summed E-state index contributed by atoms with van der Waals surface area (Å²) in [6.45, 7) is 0.918. The summed E-state index contributed by atoms with van der Waals surface area (Å²) in [5, 5.41) is 12.2. The third-order valence-electron chi connectivity index (χ3n) is 3.76. The number of rotatable bonds is 1. The van der Waals surface area contributed by atoms with Crippen molar-refractivity contribution in [1.82, 2.24) is 5.32 Å². The first kappa shape index (κ1) is 13.2. The Hall–Kier alpha value is 0.0923. The van der Waals surface area contributed by atoms with E-state index in [9.17, 15) is 4.79 Å². The Kier molecular flexibility index (Phi) is 5.25. The van der Waals surface area contributed by atoms with Crippen molar-refractivity contribution in [2.75, 3.05) is 6.54 Å². The fourth-order valence-corrected chi connectivity index (χ4v) is 2.98. The van der Waals surface area contributed by atoms with Crippen LogP contribution in [-0.2, 0) is 25.2 Å². The molecule has 0 bridgehead atoms. The number of aliphatic carboxylic acids is 1. The molecule has 1 aliphatic heterocycles. The quantitative estimate of drug-likeness (QED) is 0.724. The minimum absolute atomic E-state index is 0. The van der Waals surface area contributed by atoms with Crippen molar-refractivity contribution in [3.63, 3.8) is 0 Å². The van der Waals surface area contributed by atoms with E-state index in [1.165, 1.54) is 32.1 Å². The van der Waals surface area contributed by atoms with Gasteiger partial charge in [0.25, 0.3) is 0 Å². The number of nitrogens with one attached hydrogen (secondary N) is 1. The Bertz CT molecular complexity index is 223. The Balaban J connectivity index is 0.00000112. The maximum atomic E-state index is 11.0. The van der Waals surface area contributed by atoms with Crippen molar-refractivity contribution in [2.24, 2.45) is 11.8 Å². The van der Waals surface area contributed by atoms with Crippen LogP contribution in [0.5, 0.6) is 0 Å². The molecule has 2 fully saturated rings. The molecule has 1 saturated carbocycles. The first-order valence-electron chi connectivity index (χ1n) is 5.75. The molecule has 2 N–H and O–H groups in total. The van der Waals surface area contributed by atoms with Crippen LogP contribution in [0.3, 0.4) is 0 Å². The summed E-state index contributed by atoms with van der Waals surface area (Å²) in [5.41, 5.74) is 0. The van der Waals surface area contributed by atoms with Crippen LogP contribution in [0.4, 0.5) is 0 Å². The molecular formula is C11H19NO2Re. The first-order valence-corrected chi connectivity index (χ1v) is 5.75. The second-order valence-electron chi connectivity index (χ2n) is 4.64. The molecule has 15 heavy (non-hydrogen) atoms. The average Bonchev–Trinajstić information content (AvgIpc) is 2.47. The van der Waals surface area contributed by atoms with Gasteiger partial charge in [-0.3, -0.25) is 4.79 Å². The molecule has 0 spiro atoms. The van der Waals surface area contributed by atoms with Crippen LogP contribution in [0.15, 0.2) is 0 Å². The van der Waals surface area contributed by atoms with E-state index in [1.807, 2.05) is 0 Å². The third kappa shape index (κ3) is 3.03. The molecule has 3 nitrogen and oxygen atoms in total. The first-order chi connectivity index (χ1) is 6.79. The number of carboxylic acids is 1. The van der Waals surface area contributed by atoms with Crippen molar-refractivity contribution in [2.45, 2.75) is 44.6 Å². The van der Waals surface area contributed by atoms with E-state index in [1.54, 1.807) is 0 Å². The summed E-state index contributed by atoms with van der Waals surface area (Å²) in [6.07, 6.45) is 7.45. The van der Waals surface area contributed by atoms with Gasteiger partial charge in [-0.2, -0.15) is 0 Å². The smallest absolute Gasteiger partial charge is 0.320 e. The van der Waals surface area contributed by atoms with Crippen LogP contribution in [0.2, 0.25) is 0 Å². The maximum absolute atomic E-state index is 11.0. The van der Waals surface area contributed by atoms with Crippen molar-refractivity contribution in [3.8, 4) is 0 Å². The van der Waals surface area contributed by atoms with Gasteiger partial charge in [0.1, 0.15) is 6.04 Å². The molecule has 1 radical (unpaired) electrons. The van der Waals surface area contributed by atoms with Gasteiger partial charge in [0, 0.05) is 20.4 Å². The summed E-state index contributed by atoms with van der Waals surface area (Å²) in [6, 6.07) is -0.266. The van der Waals surface area contributed by atoms with Crippen LogP contribution in [0.1, 0.15) is 38.5 Å². The Labute approximate surface area is 105 Å². The molecule has 3 atom stereocenters. The molecular weight excluding hydrogens is 364 g/mol. The van der Waals surface area contributed by atoms with E-state index < -0.39 is 5.97 Å². The molecule has 2 aliphatic rings. The van der Waals surface area contributed by atoms with Gasteiger partial charge in [-0.05, 0) is 31.2 Å². The van der Waals surface area contributed by atoms with Crippen molar-refractivity contribution >= 4 is 5.97 Å². The predicted molar refractivity (Wildman–Crippen MR) is 54.1 cm³/mol. The standard InChI is InChI=1S/C11H19NO2.Re/c13-11(14)10-9-6-4-2-1-3-5-8(9)7-12-10;/h8-10,12H,1-7H2,(H,13,14);. The number of hydrogen-bond donors (Lipinski definition) is 2. The van der Waals surface area contributed by atoms with E-state index in [0.717, 1.165) is 13.0 Å². The number of hydrogen-bond acceptors (Lipinski definition) is 2. The van der Waals surface area contributed by atoms with Gasteiger partial charge in [-0.15, -0.1) is 0 Å². The Morgan fingerprint density at radius 1 is 1.13 bits per heavy atom. The number of carbonyl (C=O) groups is 1. The van der Waals surface area contributed by atoms with Gasteiger partial charge in [-0.25, -0.2) is 0 Å². The SMILES string of the molecule is O=C(O)C1NCC2CCCCCCC21.[Re]. The predicted octanol–water partition coefficient (Wildman–Crippen LogP) is 1.63. The molecule has 1 saturated heterocycles. The second kappa shape index (κ2) is 5.98. The molecule has 4 heteroatoms. The zero-order chi connectivity index (χ0) is 9.97. The van der Waals surface area contributed by atoms with Crippen molar-refractivity contribution in [1.29, 1.82) is 0 Å². The Morgan fingerprint density at radius 3 is 2.47 bits per heavy atom. The minimum atomic E-state index is -0.655. The van der Waals surface area contributed by atoms with E-state index in [0.29, 0.717) is 11.8 Å². The van der Waals surface area contributed by atoms with Crippen molar-refractivity contribution in [3.05, 3.63) is 0 Å². The van der Waals surface area contributed by atoms with E-state index in [4.69, 9.17) is 5.11 Å². The van der Waals surface area contributed by atoms with Crippen LogP contribution < -0.4 is 5.32 Å². The minimum Gasteiger partial charge on any atom is -0.480 e. The van der Waals surface area contributed by atoms with Crippen molar-refractivity contribution < 1.29 is 30.3 Å². The van der Waals surface area contributed by atoms with Gasteiger partial charge in [0.05, 0.1) is 0 Å². The fourth-order valence-electron chi connectivity index (χ4n) is 2.98. The molecule has 0 aromatic rings. The summed E-state index contributed by atoms with van der Waals surface area (Å²) < 4.78 is 0. The molecule has 2 rings (SSSR count).